The van der Waals surface area contributed by atoms with Crippen LogP contribution in [0.2, 0.25) is 0 Å². The number of nitrogens with zero attached hydrogens (tertiary/aromatic N) is 2. The fourth-order valence-electron chi connectivity index (χ4n) is 3.18. The summed E-state index contributed by atoms with van der Waals surface area (Å²) in [5.74, 6) is -0.232. The summed E-state index contributed by atoms with van der Waals surface area (Å²) < 4.78 is 11.9. The van der Waals surface area contributed by atoms with Crippen LogP contribution in [0, 0.1) is 6.92 Å². The Labute approximate surface area is 176 Å². The number of aromatic carboxylic acids is 1. The standard InChI is InChI=1S/C21H22N2O6S/c1-4-15-22-18-16(12(2)17(30-18)20(25)26)19(24)23(15)10-5-11-29-14-8-6-13(7-9-14)21(27)28-3/h6-9H,4-5,10-11H2,1-3H3,(H,25,26). The van der Waals surface area contributed by atoms with Gasteiger partial charge in [-0.3, -0.25) is 9.36 Å². The predicted molar refractivity (Wildman–Crippen MR) is 113 cm³/mol. The van der Waals surface area contributed by atoms with Gasteiger partial charge < -0.3 is 14.6 Å². The number of benzene rings is 1. The summed E-state index contributed by atoms with van der Waals surface area (Å²) in [4.78, 5) is 41.0. The van der Waals surface area contributed by atoms with E-state index in [4.69, 9.17) is 4.74 Å². The quantitative estimate of drug-likeness (QED) is 0.432. The van der Waals surface area contributed by atoms with Crippen LogP contribution in [0.3, 0.4) is 0 Å². The van der Waals surface area contributed by atoms with Crippen LogP contribution in [0.5, 0.6) is 5.75 Å². The Bertz CT molecular complexity index is 1150. The summed E-state index contributed by atoms with van der Waals surface area (Å²) in [5.41, 5.74) is 0.675. The molecule has 9 heteroatoms. The molecule has 158 valence electrons. The topological polar surface area (TPSA) is 108 Å². The van der Waals surface area contributed by atoms with Crippen molar-refractivity contribution in [1.29, 1.82) is 0 Å². The molecule has 0 unspecified atom stereocenters. The van der Waals surface area contributed by atoms with Gasteiger partial charge in [-0.25, -0.2) is 14.6 Å². The van der Waals surface area contributed by atoms with Gasteiger partial charge in [-0.2, -0.15) is 0 Å². The second kappa shape index (κ2) is 9.08. The van der Waals surface area contributed by atoms with Crippen molar-refractivity contribution in [2.24, 2.45) is 0 Å². The van der Waals surface area contributed by atoms with Gasteiger partial charge in [-0.15, -0.1) is 11.3 Å². The summed E-state index contributed by atoms with van der Waals surface area (Å²) >= 11 is 1.03. The lowest BCUT2D eigenvalue weighted by atomic mass is 10.2. The molecule has 0 aliphatic carbocycles. The molecular weight excluding hydrogens is 408 g/mol. The van der Waals surface area contributed by atoms with Crippen molar-refractivity contribution in [2.45, 2.75) is 33.2 Å². The van der Waals surface area contributed by atoms with Gasteiger partial charge in [0.05, 0.1) is 24.7 Å². The molecule has 3 rings (SSSR count). The Morgan fingerprint density at radius 3 is 2.53 bits per heavy atom. The van der Waals surface area contributed by atoms with Gasteiger partial charge in [0.15, 0.2) is 0 Å². The molecule has 0 spiro atoms. The average molecular weight is 430 g/mol. The number of hydrogen-bond donors (Lipinski definition) is 1. The van der Waals surface area contributed by atoms with Gasteiger partial charge in [0, 0.05) is 13.0 Å². The maximum absolute atomic E-state index is 13.0. The number of fused-ring (bicyclic) bond motifs is 1. The molecule has 8 nitrogen and oxygen atoms in total. The third-order valence-electron chi connectivity index (χ3n) is 4.71. The number of thiophene rings is 1. The number of carbonyl (C=O) groups is 2. The van der Waals surface area contributed by atoms with E-state index < -0.39 is 11.9 Å². The summed E-state index contributed by atoms with van der Waals surface area (Å²) in [6, 6.07) is 6.62. The average Bonchev–Trinajstić information content (AvgIpc) is 3.08. The van der Waals surface area contributed by atoms with E-state index in [9.17, 15) is 19.5 Å². The van der Waals surface area contributed by atoms with Crippen LogP contribution >= 0.6 is 11.3 Å². The molecule has 0 aliphatic heterocycles. The summed E-state index contributed by atoms with van der Waals surface area (Å²) in [7, 11) is 1.32. The lowest BCUT2D eigenvalue weighted by Gasteiger charge is -2.12. The lowest BCUT2D eigenvalue weighted by Crippen LogP contribution is -2.26. The number of aromatic nitrogens is 2. The van der Waals surface area contributed by atoms with Crippen LogP contribution in [-0.4, -0.2) is 40.3 Å². The first-order valence-corrected chi connectivity index (χ1v) is 10.3. The van der Waals surface area contributed by atoms with Crippen LogP contribution in [0.15, 0.2) is 29.1 Å². The molecule has 0 saturated heterocycles. The van der Waals surface area contributed by atoms with Gasteiger partial charge >= 0.3 is 11.9 Å². The van der Waals surface area contributed by atoms with Crippen LogP contribution in [0.25, 0.3) is 10.2 Å². The molecule has 1 N–H and O–H groups in total. The predicted octanol–water partition coefficient (Wildman–Crippen LogP) is 3.28. The van der Waals surface area contributed by atoms with E-state index in [1.165, 1.54) is 7.11 Å². The van der Waals surface area contributed by atoms with Gasteiger partial charge in [0.1, 0.15) is 21.3 Å². The molecule has 0 atom stereocenters. The molecule has 0 fully saturated rings. The third kappa shape index (κ3) is 4.20. The molecule has 3 aromatic rings. The highest BCUT2D eigenvalue weighted by Gasteiger charge is 2.20. The van der Waals surface area contributed by atoms with E-state index in [1.54, 1.807) is 35.8 Å². The Hall–Kier alpha value is -3.20. The molecule has 0 bridgehead atoms. The number of methoxy groups -OCH3 is 1. The second-order valence-electron chi connectivity index (χ2n) is 6.60. The zero-order valence-electron chi connectivity index (χ0n) is 16.9. The molecule has 0 radical (unpaired) electrons. The second-order valence-corrected chi connectivity index (χ2v) is 7.60. The molecule has 0 aliphatic rings. The maximum Gasteiger partial charge on any atom is 0.346 e. The molecule has 30 heavy (non-hydrogen) atoms. The van der Waals surface area contributed by atoms with Crippen molar-refractivity contribution < 1.29 is 24.2 Å². The molecule has 0 saturated carbocycles. The summed E-state index contributed by atoms with van der Waals surface area (Å²) in [6.45, 7) is 4.32. The Balaban J connectivity index is 1.73. The Morgan fingerprint density at radius 2 is 1.93 bits per heavy atom. The summed E-state index contributed by atoms with van der Waals surface area (Å²) in [5, 5.41) is 9.70. The van der Waals surface area contributed by atoms with E-state index in [-0.39, 0.29) is 10.4 Å². The highest BCUT2D eigenvalue weighted by Crippen LogP contribution is 2.27. The smallest absolute Gasteiger partial charge is 0.346 e. The first-order valence-electron chi connectivity index (χ1n) is 9.44. The zero-order chi connectivity index (χ0) is 21.8. The minimum Gasteiger partial charge on any atom is -0.494 e. The molecular formula is C21H22N2O6S. The first kappa shape index (κ1) is 21.5. The zero-order valence-corrected chi connectivity index (χ0v) is 17.7. The van der Waals surface area contributed by atoms with E-state index in [0.29, 0.717) is 58.9 Å². The van der Waals surface area contributed by atoms with E-state index in [2.05, 4.69) is 9.72 Å². The number of carboxylic acid groups (broad SMARTS) is 1. The van der Waals surface area contributed by atoms with Crippen molar-refractivity contribution >= 4 is 33.5 Å². The number of aryl methyl sites for hydroxylation is 2. The van der Waals surface area contributed by atoms with Crippen molar-refractivity contribution in [1.82, 2.24) is 9.55 Å². The lowest BCUT2D eigenvalue weighted by molar-refractivity contribution is 0.0599. The first-order chi connectivity index (χ1) is 14.4. The van der Waals surface area contributed by atoms with E-state index in [0.717, 1.165) is 11.3 Å². The fraction of sp³-hybridized carbons (Fsp3) is 0.333. The number of esters is 1. The van der Waals surface area contributed by atoms with Crippen molar-refractivity contribution in [3.63, 3.8) is 0 Å². The maximum atomic E-state index is 13.0. The van der Waals surface area contributed by atoms with Crippen LogP contribution < -0.4 is 10.3 Å². The van der Waals surface area contributed by atoms with E-state index >= 15 is 0 Å². The largest absolute Gasteiger partial charge is 0.494 e. The minimum atomic E-state index is -1.05. The fourth-order valence-corrected chi connectivity index (χ4v) is 4.21. The van der Waals surface area contributed by atoms with Crippen LogP contribution in [-0.2, 0) is 17.7 Å². The molecule has 2 aromatic heterocycles. The SMILES string of the molecule is CCc1nc2sc(C(=O)O)c(C)c2c(=O)n1CCCOc1ccc(C(=O)OC)cc1. The summed E-state index contributed by atoms with van der Waals surface area (Å²) in [6.07, 6.45) is 1.12. The van der Waals surface area contributed by atoms with Gasteiger partial charge in [0.2, 0.25) is 0 Å². The highest BCUT2D eigenvalue weighted by molar-refractivity contribution is 7.20. The monoisotopic (exact) mass is 430 g/mol. The number of hydrogen-bond acceptors (Lipinski definition) is 7. The van der Waals surface area contributed by atoms with Crippen molar-refractivity contribution in [3.8, 4) is 5.75 Å². The number of ether oxygens (including phenoxy) is 2. The van der Waals surface area contributed by atoms with Crippen LogP contribution in [0.1, 0.15) is 44.8 Å². The third-order valence-corrected chi connectivity index (χ3v) is 5.88. The Morgan fingerprint density at radius 1 is 1.23 bits per heavy atom. The molecule has 2 heterocycles. The molecule has 1 aromatic carbocycles. The van der Waals surface area contributed by atoms with Gasteiger partial charge in [-0.1, -0.05) is 6.92 Å². The number of carboxylic acids is 1. The van der Waals surface area contributed by atoms with E-state index in [1.807, 2.05) is 6.92 Å². The van der Waals surface area contributed by atoms with Crippen molar-refractivity contribution in [3.05, 3.63) is 56.4 Å². The Kier molecular flexibility index (Phi) is 6.51. The van der Waals surface area contributed by atoms with Crippen LogP contribution in [0.4, 0.5) is 0 Å². The van der Waals surface area contributed by atoms with Gasteiger partial charge in [0.25, 0.3) is 5.56 Å². The van der Waals surface area contributed by atoms with Gasteiger partial charge in [-0.05, 0) is 43.2 Å². The normalized spacial score (nSPS) is 10.9. The van der Waals surface area contributed by atoms with Crippen molar-refractivity contribution in [2.75, 3.05) is 13.7 Å². The minimum absolute atomic E-state index is 0.146. The number of carbonyl (C=O) groups excluding carboxylic acids is 1. The highest BCUT2D eigenvalue weighted by atomic mass is 32.1. The number of rotatable bonds is 8. The molecule has 0 amide bonds.